The first-order valence-corrected chi connectivity index (χ1v) is 9.38. The van der Waals surface area contributed by atoms with Crippen LogP contribution in [0.25, 0.3) is 0 Å². The van der Waals surface area contributed by atoms with Crippen molar-refractivity contribution in [2.24, 2.45) is 0 Å². The Morgan fingerprint density at radius 2 is 1.75 bits per heavy atom. The molecule has 0 bridgehead atoms. The van der Waals surface area contributed by atoms with Gasteiger partial charge in [0, 0.05) is 5.33 Å². The van der Waals surface area contributed by atoms with E-state index < -0.39 is 9.84 Å². The van der Waals surface area contributed by atoms with E-state index in [4.69, 9.17) is 0 Å². The number of rotatable bonds is 7. The predicted octanol–water partition coefficient (Wildman–Crippen LogP) is 4.53. The third-order valence-corrected chi connectivity index (χ3v) is 5.13. The molecule has 0 amide bonds. The summed E-state index contributed by atoms with van der Waals surface area (Å²) in [5, 5.41) is 0.865. The van der Waals surface area contributed by atoms with E-state index in [2.05, 4.69) is 28.9 Å². The maximum absolute atomic E-state index is 12.2. The van der Waals surface area contributed by atoms with Gasteiger partial charge in [-0.05, 0) is 38.8 Å². The zero-order valence-corrected chi connectivity index (χ0v) is 14.4. The molecule has 4 heteroatoms. The molecule has 0 fully saturated rings. The van der Waals surface area contributed by atoms with E-state index in [0.29, 0.717) is 4.90 Å². The second-order valence-electron chi connectivity index (χ2n) is 4.87. The molecular formula is C16H21BrO2S. The van der Waals surface area contributed by atoms with E-state index in [1.165, 1.54) is 5.57 Å². The smallest absolute Gasteiger partial charge is 0.182 e. The fraction of sp³-hybridized carbons (Fsp3) is 0.375. The molecule has 0 aliphatic heterocycles. The van der Waals surface area contributed by atoms with Gasteiger partial charge >= 0.3 is 0 Å². The summed E-state index contributed by atoms with van der Waals surface area (Å²) < 4.78 is 24.4. The molecule has 20 heavy (non-hydrogen) atoms. The molecule has 110 valence electrons. The van der Waals surface area contributed by atoms with Crippen LogP contribution in [0, 0.1) is 0 Å². The van der Waals surface area contributed by atoms with Crippen molar-refractivity contribution >= 4 is 25.8 Å². The van der Waals surface area contributed by atoms with Crippen molar-refractivity contribution in [1.29, 1.82) is 0 Å². The summed E-state index contributed by atoms with van der Waals surface area (Å²) in [6.45, 7) is 3.97. The highest BCUT2D eigenvalue weighted by molar-refractivity contribution is 9.09. The Morgan fingerprint density at radius 1 is 1.10 bits per heavy atom. The number of halogens is 1. The molecule has 1 rings (SSSR count). The van der Waals surface area contributed by atoms with Gasteiger partial charge in [0.15, 0.2) is 9.84 Å². The van der Waals surface area contributed by atoms with Gasteiger partial charge in [-0.2, -0.15) is 0 Å². The van der Waals surface area contributed by atoms with Gasteiger partial charge in [0.05, 0.1) is 10.6 Å². The normalized spacial score (nSPS) is 13.6. The molecule has 0 saturated heterocycles. The van der Waals surface area contributed by atoms with Gasteiger partial charge in [-0.25, -0.2) is 8.42 Å². The lowest BCUT2D eigenvalue weighted by molar-refractivity contribution is 0.598. The Balaban J connectivity index is 2.62. The maximum atomic E-state index is 12.2. The summed E-state index contributed by atoms with van der Waals surface area (Å²) in [6, 6.07) is 8.61. The van der Waals surface area contributed by atoms with Gasteiger partial charge in [-0.1, -0.05) is 57.4 Å². The number of allylic oxidation sites excluding steroid dienone is 3. The molecule has 0 radical (unpaired) electrons. The Labute approximate surface area is 130 Å². The highest BCUT2D eigenvalue weighted by Gasteiger charge is 2.13. The van der Waals surface area contributed by atoms with Crippen LogP contribution in [0.15, 0.2) is 58.5 Å². The average Bonchev–Trinajstić information content (AvgIpc) is 2.39. The Bertz CT molecular complexity index is 572. The Morgan fingerprint density at radius 3 is 2.35 bits per heavy atom. The SMILES string of the molecule is C/C(=C\CBr)CC/C=C(\C)CS(=O)(=O)c1ccccc1. The number of sulfone groups is 1. The van der Waals surface area contributed by atoms with E-state index >= 15 is 0 Å². The third-order valence-electron chi connectivity index (χ3n) is 2.98. The third kappa shape index (κ3) is 6.06. The average molecular weight is 357 g/mol. The molecule has 0 atom stereocenters. The zero-order chi connectivity index (χ0) is 15.0. The van der Waals surface area contributed by atoms with Crippen molar-refractivity contribution in [1.82, 2.24) is 0 Å². The number of benzene rings is 1. The zero-order valence-electron chi connectivity index (χ0n) is 12.0. The van der Waals surface area contributed by atoms with E-state index in [0.717, 1.165) is 23.7 Å². The van der Waals surface area contributed by atoms with Crippen LogP contribution in [0.1, 0.15) is 26.7 Å². The first-order valence-electron chi connectivity index (χ1n) is 6.61. The topological polar surface area (TPSA) is 34.1 Å². The van der Waals surface area contributed by atoms with E-state index in [1.807, 2.05) is 19.1 Å². The molecule has 1 aromatic carbocycles. The lowest BCUT2D eigenvalue weighted by Gasteiger charge is -2.05. The molecule has 0 aromatic heterocycles. The number of hydrogen-bond donors (Lipinski definition) is 0. The highest BCUT2D eigenvalue weighted by Crippen LogP contribution is 2.14. The molecule has 0 heterocycles. The van der Waals surface area contributed by atoms with Crippen molar-refractivity contribution < 1.29 is 8.42 Å². The number of hydrogen-bond acceptors (Lipinski definition) is 2. The van der Waals surface area contributed by atoms with Crippen LogP contribution >= 0.6 is 15.9 Å². The molecule has 0 N–H and O–H groups in total. The Kier molecular flexibility index (Phi) is 7.24. The minimum atomic E-state index is -3.21. The van der Waals surface area contributed by atoms with E-state index in [1.54, 1.807) is 24.3 Å². The minimum absolute atomic E-state index is 0.0955. The molecule has 2 nitrogen and oxygen atoms in total. The van der Waals surface area contributed by atoms with Crippen molar-refractivity contribution in [2.75, 3.05) is 11.1 Å². The molecule has 0 aliphatic carbocycles. The molecule has 0 saturated carbocycles. The van der Waals surface area contributed by atoms with Crippen LogP contribution in [0.4, 0.5) is 0 Å². The standard InChI is InChI=1S/C16H21BrO2S/c1-14(11-12-17)7-6-8-15(2)13-20(18,19)16-9-4-3-5-10-16/h3-5,8-11H,6-7,12-13H2,1-2H3/b14-11+,15-8+. The van der Waals surface area contributed by atoms with Crippen molar-refractivity contribution in [3.63, 3.8) is 0 Å². The molecule has 1 aromatic rings. The van der Waals surface area contributed by atoms with Crippen molar-refractivity contribution in [2.45, 2.75) is 31.6 Å². The fourth-order valence-corrected chi connectivity index (χ4v) is 3.86. The fourth-order valence-electron chi connectivity index (χ4n) is 1.85. The summed E-state index contributed by atoms with van der Waals surface area (Å²) >= 11 is 3.37. The lowest BCUT2D eigenvalue weighted by atomic mass is 10.1. The van der Waals surface area contributed by atoms with E-state index in [9.17, 15) is 8.42 Å². The van der Waals surface area contributed by atoms with Crippen LogP contribution in [0.2, 0.25) is 0 Å². The molecule has 0 unspecified atom stereocenters. The monoisotopic (exact) mass is 356 g/mol. The van der Waals surface area contributed by atoms with Gasteiger partial charge < -0.3 is 0 Å². The van der Waals surface area contributed by atoms with Gasteiger partial charge in [-0.3, -0.25) is 0 Å². The van der Waals surface area contributed by atoms with Crippen LogP contribution < -0.4 is 0 Å². The van der Waals surface area contributed by atoms with Gasteiger partial charge in [0.25, 0.3) is 0 Å². The maximum Gasteiger partial charge on any atom is 0.182 e. The van der Waals surface area contributed by atoms with Crippen LogP contribution in [-0.2, 0) is 9.84 Å². The minimum Gasteiger partial charge on any atom is -0.223 e. The first kappa shape index (κ1) is 17.2. The first-order chi connectivity index (χ1) is 9.45. The van der Waals surface area contributed by atoms with Gasteiger partial charge in [-0.15, -0.1) is 0 Å². The van der Waals surface area contributed by atoms with Gasteiger partial charge in [0.2, 0.25) is 0 Å². The quantitative estimate of drug-likeness (QED) is 0.531. The summed E-state index contributed by atoms with van der Waals surface area (Å²) in [4.78, 5) is 0.392. The number of alkyl halides is 1. The van der Waals surface area contributed by atoms with Crippen molar-refractivity contribution in [3.05, 3.63) is 53.6 Å². The molecular weight excluding hydrogens is 336 g/mol. The highest BCUT2D eigenvalue weighted by atomic mass is 79.9. The van der Waals surface area contributed by atoms with Gasteiger partial charge in [0.1, 0.15) is 0 Å². The lowest BCUT2D eigenvalue weighted by Crippen LogP contribution is -2.07. The van der Waals surface area contributed by atoms with Crippen LogP contribution in [0.5, 0.6) is 0 Å². The molecule has 0 spiro atoms. The second kappa shape index (κ2) is 8.42. The summed E-state index contributed by atoms with van der Waals surface area (Å²) in [5.41, 5.74) is 2.22. The Hall–Kier alpha value is -0.870. The summed E-state index contributed by atoms with van der Waals surface area (Å²) in [5.74, 6) is 0.0955. The summed E-state index contributed by atoms with van der Waals surface area (Å²) in [6.07, 6.45) is 6.00. The van der Waals surface area contributed by atoms with Crippen LogP contribution in [-0.4, -0.2) is 19.5 Å². The largest absolute Gasteiger partial charge is 0.223 e. The molecule has 0 aliphatic rings. The predicted molar refractivity (Wildman–Crippen MR) is 89.0 cm³/mol. The second-order valence-corrected chi connectivity index (χ2v) is 7.50. The van der Waals surface area contributed by atoms with Crippen LogP contribution in [0.3, 0.4) is 0 Å². The van der Waals surface area contributed by atoms with Crippen molar-refractivity contribution in [3.8, 4) is 0 Å². The van der Waals surface area contributed by atoms with E-state index in [-0.39, 0.29) is 5.75 Å². The summed E-state index contributed by atoms with van der Waals surface area (Å²) in [7, 11) is -3.21.